The van der Waals surface area contributed by atoms with Crippen LogP contribution in [-0.2, 0) is 6.67 Å². The largest absolute Gasteiger partial charge is 0.370 e. The van der Waals surface area contributed by atoms with Crippen LogP contribution in [0.2, 0.25) is 0 Å². The summed E-state index contributed by atoms with van der Waals surface area (Å²) in [6, 6.07) is 1.59. The molecule has 0 saturated carbocycles. The first-order chi connectivity index (χ1) is 6.36. The standard InChI is InChI=1S/C8H13FN4/c9-5-7-4-8(13-6-12-7)11-3-1-2-10/h4,6H,1-3,5,10H2,(H,11,12,13). The molecule has 13 heavy (non-hydrogen) atoms. The van der Waals surface area contributed by atoms with Crippen LogP contribution in [-0.4, -0.2) is 23.1 Å². The number of nitrogens with one attached hydrogen (secondary N) is 1. The van der Waals surface area contributed by atoms with Gasteiger partial charge in [0.2, 0.25) is 0 Å². The minimum atomic E-state index is -0.561. The minimum Gasteiger partial charge on any atom is -0.370 e. The molecule has 1 aromatic heterocycles. The normalized spacial score (nSPS) is 10.0. The second-order valence-corrected chi connectivity index (χ2v) is 2.60. The summed E-state index contributed by atoms with van der Waals surface area (Å²) >= 11 is 0. The van der Waals surface area contributed by atoms with E-state index in [1.54, 1.807) is 6.07 Å². The lowest BCUT2D eigenvalue weighted by atomic mass is 10.4. The summed E-state index contributed by atoms with van der Waals surface area (Å²) in [4.78, 5) is 7.66. The zero-order chi connectivity index (χ0) is 9.52. The molecule has 0 spiro atoms. The van der Waals surface area contributed by atoms with Crippen molar-refractivity contribution in [1.82, 2.24) is 9.97 Å². The summed E-state index contributed by atoms with van der Waals surface area (Å²) in [5.74, 6) is 0.649. The maximum Gasteiger partial charge on any atom is 0.132 e. The Morgan fingerprint density at radius 2 is 2.31 bits per heavy atom. The van der Waals surface area contributed by atoms with Crippen molar-refractivity contribution >= 4 is 5.82 Å². The van der Waals surface area contributed by atoms with Crippen LogP contribution >= 0.6 is 0 Å². The average Bonchev–Trinajstić information content (AvgIpc) is 2.19. The van der Waals surface area contributed by atoms with E-state index in [9.17, 15) is 4.39 Å². The summed E-state index contributed by atoms with van der Waals surface area (Å²) < 4.78 is 12.2. The molecular formula is C8H13FN4. The number of hydrogen-bond acceptors (Lipinski definition) is 4. The molecule has 0 unspecified atom stereocenters. The Hall–Kier alpha value is -1.23. The number of aromatic nitrogens is 2. The van der Waals surface area contributed by atoms with Crippen LogP contribution < -0.4 is 11.1 Å². The molecule has 3 N–H and O–H groups in total. The summed E-state index contributed by atoms with van der Waals surface area (Å²) in [6.45, 7) is 0.821. The highest BCUT2D eigenvalue weighted by molar-refractivity contribution is 5.34. The summed E-state index contributed by atoms with van der Waals surface area (Å²) in [5.41, 5.74) is 5.71. The Morgan fingerprint density at radius 1 is 1.46 bits per heavy atom. The van der Waals surface area contributed by atoms with Gasteiger partial charge >= 0.3 is 0 Å². The van der Waals surface area contributed by atoms with E-state index in [1.807, 2.05) is 0 Å². The van der Waals surface area contributed by atoms with E-state index in [4.69, 9.17) is 5.73 Å². The number of halogens is 1. The first-order valence-corrected chi connectivity index (χ1v) is 4.17. The highest BCUT2D eigenvalue weighted by atomic mass is 19.1. The van der Waals surface area contributed by atoms with E-state index < -0.39 is 6.67 Å². The molecule has 0 amide bonds. The van der Waals surface area contributed by atoms with Crippen LogP contribution in [0.4, 0.5) is 10.2 Å². The molecule has 0 saturated heterocycles. The maximum atomic E-state index is 12.2. The molecule has 0 radical (unpaired) electrons. The van der Waals surface area contributed by atoms with Crippen LogP contribution in [0.25, 0.3) is 0 Å². The minimum absolute atomic E-state index is 0.394. The van der Waals surface area contributed by atoms with Crippen molar-refractivity contribution < 1.29 is 4.39 Å². The fourth-order valence-electron chi connectivity index (χ4n) is 0.886. The smallest absolute Gasteiger partial charge is 0.132 e. The Bertz CT molecular complexity index is 254. The number of rotatable bonds is 5. The van der Waals surface area contributed by atoms with Gasteiger partial charge < -0.3 is 11.1 Å². The molecule has 4 nitrogen and oxygen atoms in total. The third-order valence-corrected chi connectivity index (χ3v) is 1.55. The zero-order valence-electron chi connectivity index (χ0n) is 7.33. The predicted octanol–water partition coefficient (Wildman–Crippen LogP) is 0.707. The average molecular weight is 184 g/mol. The van der Waals surface area contributed by atoms with E-state index in [2.05, 4.69) is 15.3 Å². The molecule has 5 heteroatoms. The molecule has 0 aliphatic heterocycles. The van der Waals surface area contributed by atoms with Gasteiger partial charge in [0.05, 0.1) is 5.69 Å². The molecular weight excluding hydrogens is 171 g/mol. The van der Waals surface area contributed by atoms with Gasteiger partial charge in [-0.05, 0) is 13.0 Å². The molecule has 0 fully saturated rings. The fourth-order valence-corrected chi connectivity index (χ4v) is 0.886. The van der Waals surface area contributed by atoms with Crippen molar-refractivity contribution in [2.45, 2.75) is 13.1 Å². The molecule has 72 valence electrons. The molecule has 0 aromatic carbocycles. The quantitative estimate of drug-likeness (QED) is 0.661. The van der Waals surface area contributed by atoms with Crippen molar-refractivity contribution in [3.63, 3.8) is 0 Å². The van der Waals surface area contributed by atoms with Crippen molar-refractivity contribution in [3.8, 4) is 0 Å². The highest BCUT2D eigenvalue weighted by Gasteiger charge is 1.96. The Labute approximate surface area is 76.4 Å². The van der Waals surface area contributed by atoms with Crippen molar-refractivity contribution in [2.24, 2.45) is 5.73 Å². The van der Waals surface area contributed by atoms with Crippen molar-refractivity contribution in [1.29, 1.82) is 0 Å². The van der Waals surface area contributed by atoms with Gasteiger partial charge in [0, 0.05) is 12.6 Å². The molecule has 1 rings (SSSR count). The molecule has 0 aliphatic carbocycles. The molecule has 0 aliphatic rings. The van der Waals surface area contributed by atoms with E-state index >= 15 is 0 Å². The first-order valence-electron chi connectivity index (χ1n) is 4.17. The Morgan fingerprint density at radius 3 is 3.00 bits per heavy atom. The molecule has 0 bridgehead atoms. The second kappa shape index (κ2) is 5.42. The third kappa shape index (κ3) is 3.33. The topological polar surface area (TPSA) is 63.8 Å². The lowest BCUT2D eigenvalue weighted by Gasteiger charge is -2.03. The lowest BCUT2D eigenvalue weighted by Crippen LogP contribution is -2.09. The van der Waals surface area contributed by atoms with E-state index in [1.165, 1.54) is 6.33 Å². The maximum absolute atomic E-state index is 12.2. The van der Waals surface area contributed by atoms with Gasteiger partial charge in [0.25, 0.3) is 0 Å². The van der Waals surface area contributed by atoms with Crippen LogP contribution in [0.1, 0.15) is 12.1 Å². The number of alkyl halides is 1. The SMILES string of the molecule is NCCCNc1cc(CF)ncn1. The molecule has 1 aromatic rings. The summed E-state index contributed by atoms with van der Waals surface area (Å²) in [7, 11) is 0. The van der Waals surface area contributed by atoms with Crippen LogP contribution in [0.15, 0.2) is 12.4 Å². The van der Waals surface area contributed by atoms with E-state index in [0.29, 0.717) is 18.1 Å². The van der Waals surface area contributed by atoms with E-state index in [0.717, 1.165) is 13.0 Å². The van der Waals surface area contributed by atoms with Crippen molar-refractivity contribution in [3.05, 3.63) is 18.1 Å². The zero-order valence-corrected chi connectivity index (χ0v) is 7.33. The van der Waals surface area contributed by atoms with Gasteiger partial charge in [-0.25, -0.2) is 14.4 Å². The van der Waals surface area contributed by atoms with Gasteiger partial charge in [-0.15, -0.1) is 0 Å². The van der Waals surface area contributed by atoms with Crippen LogP contribution in [0.5, 0.6) is 0 Å². The van der Waals surface area contributed by atoms with Crippen molar-refractivity contribution in [2.75, 3.05) is 18.4 Å². The molecule has 0 atom stereocenters. The van der Waals surface area contributed by atoms with Gasteiger partial charge in [0.15, 0.2) is 0 Å². The first kappa shape index (κ1) is 9.85. The van der Waals surface area contributed by atoms with Crippen LogP contribution in [0, 0.1) is 0 Å². The van der Waals surface area contributed by atoms with Crippen LogP contribution in [0.3, 0.4) is 0 Å². The number of nitrogens with zero attached hydrogens (tertiary/aromatic N) is 2. The second-order valence-electron chi connectivity index (χ2n) is 2.60. The number of nitrogens with two attached hydrogens (primary N) is 1. The summed E-state index contributed by atoms with van der Waals surface area (Å²) in [5, 5.41) is 3.02. The lowest BCUT2D eigenvalue weighted by molar-refractivity contribution is 0.475. The Kier molecular flexibility index (Phi) is 4.11. The number of hydrogen-bond donors (Lipinski definition) is 2. The monoisotopic (exact) mass is 184 g/mol. The van der Waals surface area contributed by atoms with Gasteiger partial charge in [-0.2, -0.15) is 0 Å². The van der Waals surface area contributed by atoms with E-state index in [-0.39, 0.29) is 0 Å². The Balaban J connectivity index is 2.46. The molecule has 1 heterocycles. The fraction of sp³-hybridized carbons (Fsp3) is 0.500. The predicted molar refractivity (Wildman–Crippen MR) is 49.0 cm³/mol. The third-order valence-electron chi connectivity index (χ3n) is 1.55. The van der Waals surface area contributed by atoms with Gasteiger partial charge in [0.1, 0.15) is 18.8 Å². The number of anilines is 1. The highest BCUT2D eigenvalue weighted by Crippen LogP contribution is 2.04. The van der Waals surface area contributed by atoms with Gasteiger partial charge in [-0.3, -0.25) is 0 Å². The summed E-state index contributed by atoms with van der Waals surface area (Å²) in [6.07, 6.45) is 2.22. The van der Waals surface area contributed by atoms with Gasteiger partial charge in [-0.1, -0.05) is 0 Å².